The largest absolute Gasteiger partial charge is 0.445 e. The van der Waals surface area contributed by atoms with Gasteiger partial charge in [0.1, 0.15) is 6.61 Å². The summed E-state index contributed by atoms with van der Waals surface area (Å²) in [4.78, 5) is 12.2. The van der Waals surface area contributed by atoms with Gasteiger partial charge in [0.2, 0.25) is 0 Å². The van der Waals surface area contributed by atoms with Gasteiger partial charge >= 0.3 is 6.09 Å². The monoisotopic (exact) mass is 339 g/mol. The normalized spacial score (nSPS) is 19.8. The molecule has 1 aliphatic rings. The highest BCUT2D eigenvalue weighted by molar-refractivity contribution is 5.69. The molecule has 0 bridgehead atoms. The smallest absolute Gasteiger partial charge is 0.407 e. The molecule has 25 heavy (non-hydrogen) atoms. The first-order chi connectivity index (χ1) is 12.2. The van der Waals surface area contributed by atoms with Gasteiger partial charge in [-0.25, -0.2) is 4.79 Å². The zero-order valence-electron chi connectivity index (χ0n) is 14.3. The average molecular weight is 339 g/mol. The minimum absolute atomic E-state index is 0.0385. The molecular formula is C20H25N3O2. The van der Waals surface area contributed by atoms with Gasteiger partial charge in [-0.15, -0.1) is 0 Å². The first-order valence-corrected chi connectivity index (χ1v) is 8.80. The lowest BCUT2D eigenvalue weighted by atomic mass is 9.90. The first kappa shape index (κ1) is 17.1. The van der Waals surface area contributed by atoms with Crippen molar-refractivity contribution in [1.82, 2.24) is 5.32 Å². The number of ether oxygens (including phenoxy) is 1. The Hall–Kier alpha value is -2.69. The molecule has 3 rings (SSSR count). The Morgan fingerprint density at radius 3 is 2.44 bits per heavy atom. The van der Waals surface area contributed by atoms with Crippen LogP contribution >= 0.6 is 0 Å². The quantitative estimate of drug-likeness (QED) is 0.722. The number of hydrogen-bond acceptors (Lipinski definition) is 4. The van der Waals surface area contributed by atoms with Gasteiger partial charge in [0.25, 0.3) is 0 Å². The standard InChI is InChI=1S/C20H25N3O2/c21-16-10-4-5-11-17(16)22-18-12-6-7-13-19(18)23-20(24)25-14-15-8-2-1-3-9-15/h1-5,8-11,18-19,22H,6-7,12-14,21H2,(H,23,24)/t18-,19-/m1/s1. The third kappa shape index (κ3) is 4.89. The summed E-state index contributed by atoms with van der Waals surface area (Å²) in [5.74, 6) is 0. The van der Waals surface area contributed by atoms with E-state index in [1.54, 1.807) is 0 Å². The van der Waals surface area contributed by atoms with Crippen molar-refractivity contribution in [2.45, 2.75) is 44.4 Å². The number of carbonyl (C=O) groups is 1. The van der Waals surface area contributed by atoms with Crippen LogP contribution in [0.15, 0.2) is 54.6 Å². The molecule has 0 spiro atoms. The van der Waals surface area contributed by atoms with Crippen LogP contribution in [0.2, 0.25) is 0 Å². The van der Waals surface area contributed by atoms with E-state index in [0.29, 0.717) is 0 Å². The van der Waals surface area contributed by atoms with Gasteiger partial charge in [0, 0.05) is 6.04 Å². The number of amides is 1. The zero-order chi connectivity index (χ0) is 17.5. The highest BCUT2D eigenvalue weighted by atomic mass is 16.5. The maximum absolute atomic E-state index is 12.2. The lowest BCUT2D eigenvalue weighted by Crippen LogP contribution is -2.48. The fraction of sp³-hybridized carbons (Fsp3) is 0.350. The Labute approximate surface area is 148 Å². The summed E-state index contributed by atoms with van der Waals surface area (Å²) in [5, 5.41) is 6.50. The number of benzene rings is 2. The second kappa shape index (κ2) is 8.42. The minimum atomic E-state index is -0.372. The summed E-state index contributed by atoms with van der Waals surface area (Å²) < 4.78 is 5.35. The summed E-state index contributed by atoms with van der Waals surface area (Å²) in [6.45, 7) is 0.281. The van der Waals surface area contributed by atoms with Crippen LogP contribution in [-0.2, 0) is 11.3 Å². The molecular weight excluding hydrogens is 314 g/mol. The van der Waals surface area contributed by atoms with Crippen LogP contribution in [-0.4, -0.2) is 18.2 Å². The maximum Gasteiger partial charge on any atom is 0.407 e. The Kier molecular flexibility index (Phi) is 5.77. The van der Waals surface area contributed by atoms with E-state index in [-0.39, 0.29) is 24.8 Å². The van der Waals surface area contributed by atoms with Gasteiger partial charge in [-0.2, -0.15) is 0 Å². The predicted octanol–water partition coefficient (Wildman–Crippen LogP) is 3.92. The van der Waals surface area contributed by atoms with Gasteiger partial charge in [0.05, 0.1) is 17.4 Å². The fourth-order valence-corrected chi connectivity index (χ4v) is 3.22. The molecule has 5 nitrogen and oxygen atoms in total. The molecule has 1 saturated carbocycles. The van der Waals surface area contributed by atoms with Crippen molar-refractivity contribution in [2.24, 2.45) is 0 Å². The molecule has 132 valence electrons. The summed E-state index contributed by atoms with van der Waals surface area (Å²) in [7, 11) is 0. The zero-order valence-corrected chi connectivity index (χ0v) is 14.3. The number of anilines is 2. The van der Waals surface area contributed by atoms with Gasteiger partial charge in [-0.3, -0.25) is 0 Å². The molecule has 1 fully saturated rings. The number of nitrogens with one attached hydrogen (secondary N) is 2. The minimum Gasteiger partial charge on any atom is -0.445 e. The highest BCUT2D eigenvalue weighted by Crippen LogP contribution is 2.25. The van der Waals surface area contributed by atoms with Crippen molar-refractivity contribution >= 4 is 17.5 Å². The second-order valence-corrected chi connectivity index (χ2v) is 6.44. The van der Waals surface area contributed by atoms with Crippen molar-refractivity contribution in [2.75, 3.05) is 11.1 Å². The van der Waals surface area contributed by atoms with E-state index >= 15 is 0 Å². The molecule has 0 heterocycles. The molecule has 1 aliphatic carbocycles. The first-order valence-electron chi connectivity index (χ1n) is 8.80. The Morgan fingerprint density at radius 2 is 1.68 bits per heavy atom. The maximum atomic E-state index is 12.2. The highest BCUT2D eigenvalue weighted by Gasteiger charge is 2.27. The second-order valence-electron chi connectivity index (χ2n) is 6.44. The molecule has 0 aliphatic heterocycles. The van der Waals surface area contributed by atoms with Crippen LogP contribution in [0, 0.1) is 0 Å². The molecule has 4 N–H and O–H groups in total. The van der Waals surface area contributed by atoms with Gasteiger partial charge in [-0.1, -0.05) is 55.3 Å². The number of carbonyl (C=O) groups excluding carboxylic acids is 1. The molecule has 0 unspecified atom stereocenters. The SMILES string of the molecule is Nc1ccccc1N[C@@H]1CCCC[C@H]1NC(=O)OCc1ccccc1. The Bertz CT molecular complexity index is 690. The average Bonchev–Trinajstić information content (AvgIpc) is 2.64. The molecule has 2 atom stereocenters. The number of alkyl carbamates (subject to hydrolysis) is 1. The summed E-state index contributed by atoms with van der Waals surface area (Å²) in [5.41, 5.74) is 8.64. The number of rotatable bonds is 5. The van der Waals surface area contributed by atoms with Crippen molar-refractivity contribution in [3.8, 4) is 0 Å². The van der Waals surface area contributed by atoms with Gasteiger partial charge in [-0.05, 0) is 30.5 Å². The van der Waals surface area contributed by atoms with Crippen LogP contribution in [0.25, 0.3) is 0 Å². The van der Waals surface area contributed by atoms with E-state index in [9.17, 15) is 4.79 Å². The predicted molar refractivity (Wildman–Crippen MR) is 100 cm³/mol. The number of hydrogen-bond donors (Lipinski definition) is 3. The van der Waals surface area contributed by atoms with Gasteiger partial charge < -0.3 is 21.1 Å². The van der Waals surface area contributed by atoms with Crippen LogP contribution < -0.4 is 16.4 Å². The van der Waals surface area contributed by atoms with Crippen LogP contribution in [0.3, 0.4) is 0 Å². The molecule has 0 saturated heterocycles. The molecule has 0 radical (unpaired) electrons. The fourth-order valence-electron chi connectivity index (χ4n) is 3.22. The Morgan fingerprint density at radius 1 is 1.00 bits per heavy atom. The van der Waals surface area contributed by atoms with Crippen LogP contribution in [0.5, 0.6) is 0 Å². The third-order valence-corrected chi connectivity index (χ3v) is 4.58. The van der Waals surface area contributed by atoms with Crippen LogP contribution in [0.1, 0.15) is 31.2 Å². The van der Waals surface area contributed by atoms with E-state index < -0.39 is 0 Å². The van der Waals surface area contributed by atoms with E-state index in [1.807, 2.05) is 54.6 Å². The molecule has 2 aromatic carbocycles. The van der Waals surface area contributed by atoms with Gasteiger partial charge in [0.15, 0.2) is 0 Å². The lowest BCUT2D eigenvalue weighted by Gasteiger charge is -2.33. The van der Waals surface area contributed by atoms with E-state index in [1.165, 1.54) is 0 Å². The van der Waals surface area contributed by atoms with Crippen molar-refractivity contribution < 1.29 is 9.53 Å². The van der Waals surface area contributed by atoms with Crippen molar-refractivity contribution in [1.29, 1.82) is 0 Å². The van der Waals surface area contributed by atoms with E-state index in [0.717, 1.165) is 42.6 Å². The molecule has 1 amide bonds. The molecule has 5 heteroatoms. The third-order valence-electron chi connectivity index (χ3n) is 4.58. The van der Waals surface area contributed by atoms with Crippen LogP contribution in [0.4, 0.5) is 16.2 Å². The summed E-state index contributed by atoms with van der Waals surface area (Å²) in [6.07, 6.45) is 3.81. The number of para-hydroxylation sites is 2. The topological polar surface area (TPSA) is 76.4 Å². The molecule has 2 aromatic rings. The number of nitrogen functional groups attached to an aromatic ring is 1. The lowest BCUT2D eigenvalue weighted by molar-refractivity contribution is 0.132. The Balaban J connectivity index is 1.55. The van der Waals surface area contributed by atoms with E-state index in [4.69, 9.17) is 10.5 Å². The molecule has 0 aromatic heterocycles. The summed E-state index contributed by atoms with van der Waals surface area (Å²) >= 11 is 0. The number of nitrogens with two attached hydrogens (primary N) is 1. The van der Waals surface area contributed by atoms with E-state index in [2.05, 4.69) is 10.6 Å². The van der Waals surface area contributed by atoms with Crippen molar-refractivity contribution in [3.63, 3.8) is 0 Å². The van der Waals surface area contributed by atoms with Crippen molar-refractivity contribution in [3.05, 3.63) is 60.2 Å². The summed E-state index contributed by atoms with van der Waals surface area (Å²) in [6, 6.07) is 17.6.